The summed E-state index contributed by atoms with van der Waals surface area (Å²) in [6.07, 6.45) is -3.18. The summed E-state index contributed by atoms with van der Waals surface area (Å²) in [6.45, 7) is 0.158. The van der Waals surface area contributed by atoms with Crippen LogP contribution >= 0.6 is 10.8 Å². The van der Waals surface area contributed by atoms with E-state index in [1.165, 1.54) is 6.07 Å². The van der Waals surface area contributed by atoms with E-state index in [4.69, 9.17) is 9.47 Å². The molecule has 0 saturated carbocycles. The van der Waals surface area contributed by atoms with Gasteiger partial charge in [-0.1, -0.05) is 6.92 Å². The van der Waals surface area contributed by atoms with Crippen LogP contribution < -0.4 is 10.1 Å². The van der Waals surface area contributed by atoms with Crippen LogP contribution in [-0.2, 0) is 37.7 Å². The summed E-state index contributed by atoms with van der Waals surface area (Å²) < 4.78 is 32.5. The Morgan fingerprint density at radius 3 is 2.20 bits per heavy atom. The van der Waals surface area contributed by atoms with Crippen molar-refractivity contribution in [1.82, 2.24) is 0 Å². The van der Waals surface area contributed by atoms with Gasteiger partial charge >= 0.3 is 11.9 Å². The van der Waals surface area contributed by atoms with Gasteiger partial charge < -0.3 is 29.3 Å². The van der Waals surface area contributed by atoms with Crippen molar-refractivity contribution in [3.63, 3.8) is 0 Å². The average molecular weight is 629 g/mol. The lowest BCUT2D eigenvalue weighted by Gasteiger charge is -2.16. The highest BCUT2D eigenvalue weighted by Crippen LogP contribution is 2.26. The van der Waals surface area contributed by atoms with E-state index >= 15 is 0 Å². The zero-order valence-electron chi connectivity index (χ0n) is 21.3. The summed E-state index contributed by atoms with van der Waals surface area (Å²) in [5, 5.41) is 30.3. The molecule has 1 aromatic carbocycles. The molecule has 0 aliphatic rings. The molecule has 1 N–H and O–H groups in total. The Bertz CT molecular complexity index is 1240. The summed E-state index contributed by atoms with van der Waals surface area (Å²) in [6, 6.07) is 3.25. The van der Waals surface area contributed by atoms with Crippen molar-refractivity contribution < 1.29 is 62.0 Å². The SMILES string of the molecule is CCC(CC(=O)Nc1ccc(C(=O)OCCSS(C)(=O)=O)c(OC(=O)CC(CO[N+](=O)[O-])O[N+](=O)[O-])c1)O[N+](=O)[O-]. The Balaban J connectivity index is 3.14. The minimum Gasteiger partial charge on any atom is -0.461 e. The molecule has 0 heterocycles. The summed E-state index contributed by atoms with van der Waals surface area (Å²) in [5.74, 6) is -3.77. The monoisotopic (exact) mass is 628 g/mol. The molecule has 1 amide bonds. The highest BCUT2D eigenvalue weighted by atomic mass is 33.1. The first-order valence-electron chi connectivity index (χ1n) is 11.1. The Kier molecular flexibility index (Phi) is 14.0. The Hall–Kier alpha value is -4.47. The fourth-order valence-electron chi connectivity index (χ4n) is 2.79. The average Bonchev–Trinajstić information content (AvgIpc) is 2.83. The van der Waals surface area contributed by atoms with Crippen molar-refractivity contribution >= 4 is 43.2 Å². The second-order valence-corrected chi connectivity index (χ2v) is 12.2. The van der Waals surface area contributed by atoms with Crippen molar-refractivity contribution in [2.45, 2.75) is 38.4 Å². The van der Waals surface area contributed by atoms with Crippen molar-refractivity contribution in [3.8, 4) is 5.75 Å². The molecule has 0 aliphatic heterocycles. The minimum atomic E-state index is -3.42. The highest BCUT2D eigenvalue weighted by molar-refractivity contribution is 8.71. The molecule has 41 heavy (non-hydrogen) atoms. The molecule has 0 aromatic heterocycles. The summed E-state index contributed by atoms with van der Waals surface area (Å²) >= 11 is 0. The molecule has 228 valence electrons. The van der Waals surface area contributed by atoms with Crippen LogP contribution in [0.25, 0.3) is 0 Å². The van der Waals surface area contributed by atoms with E-state index in [-0.39, 0.29) is 24.5 Å². The third-order valence-corrected chi connectivity index (χ3v) is 6.97. The number of anilines is 1. The molecular weight excluding hydrogens is 604 g/mol. The van der Waals surface area contributed by atoms with E-state index in [9.17, 15) is 53.1 Å². The fraction of sp³-hybridized carbons (Fsp3) is 0.526. The van der Waals surface area contributed by atoms with E-state index in [0.717, 1.165) is 18.4 Å². The molecule has 0 bridgehead atoms. The number of carbonyl (C=O) groups excluding carboxylic acids is 3. The van der Waals surface area contributed by atoms with Gasteiger partial charge in [0.05, 0.1) is 12.8 Å². The van der Waals surface area contributed by atoms with Gasteiger partial charge in [0.25, 0.3) is 15.3 Å². The van der Waals surface area contributed by atoms with E-state index in [1.807, 2.05) is 0 Å². The van der Waals surface area contributed by atoms with E-state index < -0.39 is 84.9 Å². The molecule has 1 rings (SSSR count). The Morgan fingerprint density at radius 2 is 1.63 bits per heavy atom. The lowest BCUT2D eigenvalue weighted by Crippen LogP contribution is -2.29. The normalized spacial score (nSPS) is 12.2. The van der Waals surface area contributed by atoms with Crippen LogP contribution in [0.5, 0.6) is 5.75 Å². The van der Waals surface area contributed by atoms with Crippen molar-refractivity contribution in [1.29, 1.82) is 0 Å². The second-order valence-electron chi connectivity index (χ2n) is 7.63. The number of esters is 2. The van der Waals surface area contributed by atoms with Gasteiger partial charge in [-0.15, -0.1) is 30.3 Å². The molecule has 0 spiro atoms. The number of hydrogen-bond acceptors (Lipinski definition) is 17. The molecular formula is C19H24N4O16S2. The first kappa shape index (κ1) is 34.6. The van der Waals surface area contributed by atoms with Gasteiger partial charge in [0.15, 0.2) is 8.87 Å². The minimum absolute atomic E-state index is 0.0623. The molecule has 1 aromatic rings. The van der Waals surface area contributed by atoms with Gasteiger partial charge in [-0.25, -0.2) is 13.2 Å². The van der Waals surface area contributed by atoms with Crippen LogP contribution in [0, 0.1) is 30.3 Å². The number of nitrogens with zero attached hydrogens (tertiary/aromatic N) is 3. The van der Waals surface area contributed by atoms with Crippen molar-refractivity contribution in [3.05, 3.63) is 54.1 Å². The smallest absolute Gasteiger partial charge is 0.341 e. The van der Waals surface area contributed by atoms with Crippen LogP contribution in [0.1, 0.15) is 36.5 Å². The van der Waals surface area contributed by atoms with Gasteiger partial charge in [-0.3, -0.25) is 9.59 Å². The number of hydrogen-bond donors (Lipinski definition) is 1. The lowest BCUT2D eigenvalue weighted by atomic mass is 10.1. The third-order valence-electron chi connectivity index (χ3n) is 4.42. The van der Waals surface area contributed by atoms with Crippen LogP contribution in [0.3, 0.4) is 0 Å². The maximum atomic E-state index is 12.6. The van der Waals surface area contributed by atoms with Crippen LogP contribution in [0.4, 0.5) is 5.69 Å². The number of nitrogens with one attached hydrogen (secondary N) is 1. The van der Waals surface area contributed by atoms with Crippen LogP contribution in [0.2, 0.25) is 0 Å². The summed E-state index contributed by atoms with van der Waals surface area (Å²) in [7, 11) is -2.91. The number of benzene rings is 1. The molecule has 0 radical (unpaired) electrons. The van der Waals surface area contributed by atoms with Crippen molar-refractivity contribution in [2.75, 3.05) is 30.5 Å². The fourth-order valence-corrected chi connectivity index (χ4v) is 4.36. The summed E-state index contributed by atoms with van der Waals surface area (Å²) in [5.41, 5.74) is -0.454. The van der Waals surface area contributed by atoms with Gasteiger partial charge in [-0.05, 0) is 29.3 Å². The maximum absolute atomic E-state index is 12.6. The van der Waals surface area contributed by atoms with E-state index in [0.29, 0.717) is 10.8 Å². The first-order valence-corrected chi connectivity index (χ1v) is 14.5. The molecule has 0 fully saturated rings. The molecule has 2 atom stereocenters. The molecule has 0 saturated heterocycles. The second kappa shape index (κ2) is 16.6. The predicted octanol–water partition coefficient (Wildman–Crippen LogP) is 0.932. The lowest BCUT2D eigenvalue weighted by molar-refractivity contribution is -0.789. The largest absolute Gasteiger partial charge is 0.461 e. The Morgan fingerprint density at radius 1 is 1.00 bits per heavy atom. The standard InChI is InChI=1S/C19H24N4O16S2/c1-3-13(38-22(29)30)9-17(24)20-12-4-5-15(19(26)35-6-7-40-41(2,33)34)16(8-12)37-18(25)10-14(39-23(31)32)11-36-21(27)28/h4-5,8,13-14H,3,6-7,9-11H2,1-2H3,(H,20,24). The maximum Gasteiger partial charge on any atom is 0.341 e. The predicted molar refractivity (Wildman–Crippen MR) is 134 cm³/mol. The van der Waals surface area contributed by atoms with Crippen LogP contribution in [-0.4, -0.2) is 79.0 Å². The zero-order chi connectivity index (χ0) is 31.2. The van der Waals surface area contributed by atoms with E-state index in [1.54, 1.807) is 6.92 Å². The van der Waals surface area contributed by atoms with Crippen molar-refractivity contribution in [2.24, 2.45) is 0 Å². The van der Waals surface area contributed by atoms with E-state index in [2.05, 4.69) is 19.8 Å². The van der Waals surface area contributed by atoms with Gasteiger partial charge in [-0.2, -0.15) is 0 Å². The Labute approximate surface area is 234 Å². The number of amides is 1. The molecule has 20 nitrogen and oxygen atoms in total. The molecule has 22 heteroatoms. The topological polar surface area (TPSA) is 273 Å². The number of ether oxygens (including phenoxy) is 2. The van der Waals surface area contributed by atoms with Gasteiger partial charge in [0.2, 0.25) is 5.91 Å². The third kappa shape index (κ3) is 15.0. The molecule has 2 unspecified atom stereocenters. The first-order chi connectivity index (χ1) is 19.1. The molecule has 0 aliphatic carbocycles. The van der Waals surface area contributed by atoms with Gasteiger partial charge in [0.1, 0.15) is 36.7 Å². The summed E-state index contributed by atoms with van der Waals surface area (Å²) in [4.78, 5) is 81.5. The van der Waals surface area contributed by atoms with Gasteiger partial charge in [0, 0.05) is 23.8 Å². The quantitative estimate of drug-likeness (QED) is 0.0557. The number of rotatable bonds is 19. The number of carbonyl (C=O) groups is 3. The highest BCUT2D eigenvalue weighted by Gasteiger charge is 2.24. The zero-order valence-corrected chi connectivity index (χ0v) is 23.0. The van der Waals surface area contributed by atoms with Crippen LogP contribution in [0.15, 0.2) is 18.2 Å².